The predicted octanol–water partition coefficient (Wildman–Crippen LogP) is 2.82. The van der Waals surface area contributed by atoms with Crippen LogP contribution in [0.5, 0.6) is 11.5 Å². The Morgan fingerprint density at radius 1 is 1.46 bits per heavy atom. The maximum Gasteiger partial charge on any atom is 0.573 e. The predicted molar refractivity (Wildman–Crippen MR) is 84.8 cm³/mol. The number of hydrogen-bond acceptors (Lipinski definition) is 5. The van der Waals surface area contributed by atoms with Crippen LogP contribution in [0, 0.1) is 5.92 Å². The minimum absolute atomic E-state index is 0.0548. The van der Waals surface area contributed by atoms with Crippen molar-refractivity contribution in [1.29, 1.82) is 0 Å². The van der Waals surface area contributed by atoms with E-state index in [2.05, 4.69) is 16.6 Å². The number of benzene rings is 1. The molecule has 1 aromatic rings. The lowest BCUT2D eigenvalue weighted by molar-refractivity contribution is -0.275. The van der Waals surface area contributed by atoms with Crippen LogP contribution < -0.4 is 19.7 Å². The molecule has 1 unspecified atom stereocenters. The molecule has 0 aromatic heterocycles. The molecule has 1 aliphatic rings. The number of hydrogen-bond donors (Lipinski definition) is 1. The van der Waals surface area contributed by atoms with E-state index in [1.807, 2.05) is 0 Å². The highest BCUT2D eigenvalue weighted by molar-refractivity contribution is 5.96. The monoisotopic (exact) mass is 374 g/mol. The fourth-order valence-electron chi connectivity index (χ4n) is 2.01. The molecule has 1 heterocycles. The van der Waals surface area contributed by atoms with Gasteiger partial charge in [-0.2, -0.15) is 0 Å². The topological polar surface area (TPSA) is 77.1 Å². The zero-order valence-corrected chi connectivity index (χ0v) is 13.8. The molecule has 0 aliphatic carbocycles. The van der Waals surface area contributed by atoms with Crippen LogP contribution in [0.25, 0.3) is 0 Å². The molecular weight excluding hydrogens is 357 g/mol. The normalized spacial score (nSPS) is 15.5. The van der Waals surface area contributed by atoms with Crippen molar-refractivity contribution in [2.45, 2.75) is 13.3 Å². The Balaban J connectivity index is 2.22. The van der Waals surface area contributed by atoms with Crippen molar-refractivity contribution in [1.82, 2.24) is 5.32 Å². The molecule has 1 saturated heterocycles. The van der Waals surface area contributed by atoms with Crippen LogP contribution in [0.1, 0.15) is 6.92 Å². The van der Waals surface area contributed by atoms with Crippen molar-refractivity contribution in [3.63, 3.8) is 0 Å². The number of carbonyl (C=O) groups excluding carboxylic acids is 2. The van der Waals surface area contributed by atoms with Gasteiger partial charge in [0.2, 0.25) is 0 Å². The van der Waals surface area contributed by atoms with Gasteiger partial charge < -0.3 is 19.5 Å². The molecule has 0 radical (unpaired) electrons. The van der Waals surface area contributed by atoms with Gasteiger partial charge in [0.05, 0.1) is 5.69 Å². The van der Waals surface area contributed by atoms with Crippen LogP contribution in [0.15, 0.2) is 30.9 Å². The fourth-order valence-corrected chi connectivity index (χ4v) is 2.01. The van der Waals surface area contributed by atoms with E-state index in [9.17, 15) is 22.8 Å². The number of carbonyl (C=O) groups is 2. The van der Waals surface area contributed by atoms with Crippen molar-refractivity contribution in [3.8, 4) is 11.5 Å². The third-order valence-electron chi connectivity index (χ3n) is 3.39. The zero-order chi connectivity index (χ0) is 19.3. The second-order valence-corrected chi connectivity index (χ2v) is 5.46. The number of halogens is 3. The largest absolute Gasteiger partial charge is 0.573 e. The van der Waals surface area contributed by atoms with Gasteiger partial charge in [-0.25, -0.2) is 4.79 Å². The molecule has 0 spiro atoms. The molecule has 2 amide bonds. The summed E-state index contributed by atoms with van der Waals surface area (Å²) < 4.78 is 51.4. The molecular formula is C16H17F3N2O5. The Kier molecular flexibility index (Phi) is 6.09. The molecule has 7 nitrogen and oxygen atoms in total. The van der Waals surface area contributed by atoms with Crippen LogP contribution in [0.4, 0.5) is 23.7 Å². The van der Waals surface area contributed by atoms with Gasteiger partial charge in [-0.3, -0.25) is 9.69 Å². The first-order chi connectivity index (χ1) is 12.2. The summed E-state index contributed by atoms with van der Waals surface area (Å²) in [6, 6.07) is 3.30. The van der Waals surface area contributed by atoms with Crippen LogP contribution in [-0.4, -0.2) is 38.2 Å². The Labute approximate surface area is 147 Å². The molecule has 1 aliphatic heterocycles. The Bertz CT molecular complexity index is 693. The Morgan fingerprint density at radius 3 is 2.77 bits per heavy atom. The standard InChI is InChI=1S/C16H17F3N2O5/c1-3-10(2)7-20-15(23)25-13-6-11(21-9-24-8-14(21)22)4-5-12(13)26-16(17,18)19/h3-6,10H,1,7-9H2,2H3,(H,20,23). The van der Waals surface area contributed by atoms with Crippen molar-refractivity contribution in [2.24, 2.45) is 5.92 Å². The Hall–Kier alpha value is -2.75. The molecule has 0 saturated carbocycles. The molecule has 10 heteroatoms. The number of nitrogens with one attached hydrogen (secondary N) is 1. The summed E-state index contributed by atoms with van der Waals surface area (Å²) >= 11 is 0. The van der Waals surface area contributed by atoms with Crippen LogP contribution in [0.3, 0.4) is 0 Å². The summed E-state index contributed by atoms with van der Waals surface area (Å²) in [5, 5.41) is 2.40. The first kappa shape index (κ1) is 19.6. The van der Waals surface area contributed by atoms with E-state index in [0.29, 0.717) is 0 Å². The van der Waals surface area contributed by atoms with Crippen molar-refractivity contribution in [3.05, 3.63) is 30.9 Å². The number of anilines is 1. The number of alkyl halides is 3. The first-order valence-electron chi connectivity index (χ1n) is 7.55. The maximum atomic E-state index is 12.5. The van der Waals surface area contributed by atoms with Gasteiger partial charge >= 0.3 is 12.5 Å². The van der Waals surface area contributed by atoms with E-state index in [1.54, 1.807) is 13.0 Å². The number of nitrogens with zero attached hydrogens (tertiary/aromatic N) is 1. The van der Waals surface area contributed by atoms with Gasteiger partial charge in [0, 0.05) is 12.6 Å². The zero-order valence-electron chi connectivity index (χ0n) is 13.8. The summed E-state index contributed by atoms with van der Waals surface area (Å²) in [6.45, 7) is 5.33. The Morgan fingerprint density at radius 2 is 2.19 bits per heavy atom. The molecule has 1 atom stereocenters. The van der Waals surface area contributed by atoms with E-state index < -0.39 is 24.0 Å². The molecule has 142 valence electrons. The molecule has 1 N–H and O–H groups in total. The molecule has 2 rings (SSSR count). The van der Waals surface area contributed by atoms with Crippen molar-refractivity contribution < 1.29 is 37.0 Å². The van der Waals surface area contributed by atoms with Crippen LogP contribution in [-0.2, 0) is 9.53 Å². The second kappa shape index (κ2) is 8.09. The van der Waals surface area contributed by atoms with Gasteiger partial charge in [-0.05, 0) is 18.1 Å². The molecule has 1 aromatic carbocycles. The van der Waals surface area contributed by atoms with Gasteiger partial charge in [-0.15, -0.1) is 19.8 Å². The number of rotatable bonds is 6. The van der Waals surface area contributed by atoms with Crippen LogP contribution in [0.2, 0.25) is 0 Å². The fraction of sp³-hybridized carbons (Fsp3) is 0.375. The summed E-state index contributed by atoms with van der Waals surface area (Å²) in [4.78, 5) is 24.7. The van der Waals surface area contributed by atoms with Crippen LogP contribution >= 0.6 is 0 Å². The summed E-state index contributed by atoms with van der Waals surface area (Å²) in [6.07, 6.45) is -4.34. The van der Waals surface area contributed by atoms with Gasteiger partial charge in [-0.1, -0.05) is 13.0 Å². The smallest absolute Gasteiger partial charge is 0.406 e. The second-order valence-electron chi connectivity index (χ2n) is 5.46. The third-order valence-corrected chi connectivity index (χ3v) is 3.39. The number of ether oxygens (including phenoxy) is 3. The van der Waals surface area contributed by atoms with E-state index in [-0.39, 0.29) is 37.4 Å². The summed E-state index contributed by atoms with van der Waals surface area (Å²) in [5.74, 6) is -1.62. The molecule has 26 heavy (non-hydrogen) atoms. The van der Waals surface area contributed by atoms with Gasteiger partial charge in [0.1, 0.15) is 13.3 Å². The highest BCUT2D eigenvalue weighted by atomic mass is 19.4. The molecule has 0 bridgehead atoms. The molecule has 1 fully saturated rings. The lowest BCUT2D eigenvalue weighted by Gasteiger charge is -2.18. The average molecular weight is 374 g/mol. The highest BCUT2D eigenvalue weighted by Gasteiger charge is 2.33. The van der Waals surface area contributed by atoms with E-state index in [4.69, 9.17) is 9.47 Å². The van der Waals surface area contributed by atoms with Gasteiger partial charge in [0.15, 0.2) is 11.5 Å². The summed E-state index contributed by atoms with van der Waals surface area (Å²) in [5.41, 5.74) is 0.212. The van der Waals surface area contributed by atoms with E-state index in [0.717, 1.165) is 12.1 Å². The number of amides is 2. The maximum absolute atomic E-state index is 12.5. The quantitative estimate of drug-likeness (QED) is 0.775. The summed E-state index contributed by atoms with van der Waals surface area (Å²) in [7, 11) is 0. The third kappa shape index (κ3) is 5.38. The SMILES string of the molecule is C=CC(C)CNC(=O)Oc1cc(N2COCC2=O)ccc1OC(F)(F)F. The van der Waals surface area contributed by atoms with Crippen molar-refractivity contribution >= 4 is 17.7 Å². The highest BCUT2D eigenvalue weighted by Crippen LogP contribution is 2.36. The van der Waals surface area contributed by atoms with Gasteiger partial charge in [0.25, 0.3) is 5.91 Å². The average Bonchev–Trinajstić information content (AvgIpc) is 2.99. The minimum Gasteiger partial charge on any atom is -0.406 e. The lowest BCUT2D eigenvalue weighted by atomic mass is 10.2. The van der Waals surface area contributed by atoms with E-state index >= 15 is 0 Å². The lowest BCUT2D eigenvalue weighted by Crippen LogP contribution is -2.31. The minimum atomic E-state index is -4.97. The van der Waals surface area contributed by atoms with Crippen molar-refractivity contribution in [2.75, 3.05) is 24.8 Å². The first-order valence-corrected chi connectivity index (χ1v) is 7.55. The van der Waals surface area contributed by atoms with E-state index in [1.165, 1.54) is 11.0 Å².